The number of aliphatic hydroxyl groups excluding tert-OH is 1. The maximum atomic E-state index is 9.85. The molecule has 0 spiro atoms. The van der Waals surface area contributed by atoms with Crippen molar-refractivity contribution in [1.29, 1.82) is 0 Å². The minimum Gasteiger partial charge on any atom is -0.396 e. The summed E-state index contributed by atoms with van der Waals surface area (Å²) in [6.45, 7) is 0. The van der Waals surface area contributed by atoms with Crippen molar-refractivity contribution in [2.75, 3.05) is 11.1 Å². The van der Waals surface area contributed by atoms with Gasteiger partial charge in [-0.3, -0.25) is 0 Å². The van der Waals surface area contributed by atoms with E-state index >= 15 is 0 Å². The van der Waals surface area contributed by atoms with Crippen LogP contribution in [0, 0.1) is 0 Å². The van der Waals surface area contributed by atoms with Gasteiger partial charge in [-0.25, -0.2) is 0 Å². The molecule has 2 atom stereocenters. The van der Waals surface area contributed by atoms with E-state index in [0.29, 0.717) is 10.7 Å². The lowest BCUT2D eigenvalue weighted by molar-refractivity contribution is 0.116. The lowest BCUT2D eigenvalue weighted by Crippen LogP contribution is -2.36. The molecule has 2 unspecified atom stereocenters. The predicted molar refractivity (Wildman–Crippen MR) is 67.7 cm³/mol. The first-order chi connectivity index (χ1) is 7.68. The quantitative estimate of drug-likeness (QED) is 0.697. The Balaban J connectivity index is 2.10. The fourth-order valence-corrected chi connectivity index (χ4v) is 2.32. The lowest BCUT2D eigenvalue weighted by atomic mass is 9.92. The van der Waals surface area contributed by atoms with Crippen molar-refractivity contribution in [1.82, 2.24) is 0 Å². The first kappa shape index (κ1) is 11.6. The monoisotopic (exact) mass is 240 g/mol. The molecular weight excluding hydrogens is 224 g/mol. The Kier molecular flexibility index (Phi) is 3.56. The highest BCUT2D eigenvalue weighted by molar-refractivity contribution is 6.33. The van der Waals surface area contributed by atoms with Gasteiger partial charge in [-0.05, 0) is 25.0 Å². The molecule has 16 heavy (non-hydrogen) atoms. The van der Waals surface area contributed by atoms with Gasteiger partial charge in [0, 0.05) is 0 Å². The summed E-state index contributed by atoms with van der Waals surface area (Å²) < 4.78 is 0. The van der Waals surface area contributed by atoms with E-state index in [-0.39, 0.29) is 12.1 Å². The van der Waals surface area contributed by atoms with E-state index in [1.165, 1.54) is 0 Å². The summed E-state index contributed by atoms with van der Waals surface area (Å²) in [5.41, 5.74) is 7.24. The highest BCUT2D eigenvalue weighted by atomic mass is 35.5. The van der Waals surface area contributed by atoms with Gasteiger partial charge in [-0.15, -0.1) is 0 Å². The molecule has 0 bridgehead atoms. The highest BCUT2D eigenvalue weighted by Gasteiger charge is 2.23. The first-order valence-electron chi connectivity index (χ1n) is 5.67. The Bertz CT molecular complexity index is 370. The van der Waals surface area contributed by atoms with Crippen LogP contribution in [0.1, 0.15) is 25.7 Å². The van der Waals surface area contributed by atoms with Gasteiger partial charge in [0.05, 0.1) is 28.5 Å². The van der Waals surface area contributed by atoms with Crippen LogP contribution < -0.4 is 11.1 Å². The van der Waals surface area contributed by atoms with Crippen molar-refractivity contribution >= 4 is 23.0 Å². The Labute approximate surface area is 101 Å². The smallest absolute Gasteiger partial charge is 0.0741 e. The topological polar surface area (TPSA) is 58.3 Å². The summed E-state index contributed by atoms with van der Waals surface area (Å²) in [5.74, 6) is 0. The third-order valence-corrected chi connectivity index (χ3v) is 3.45. The van der Waals surface area contributed by atoms with Crippen LogP contribution in [0.5, 0.6) is 0 Å². The van der Waals surface area contributed by atoms with Gasteiger partial charge in [0.1, 0.15) is 0 Å². The molecule has 1 aliphatic rings. The standard InChI is InChI=1S/C12H17ClN2O/c13-8-4-3-6-10(12(8)14)15-9-5-1-2-7-11(9)16/h3-4,6,9,11,15-16H,1-2,5,7,14H2. The van der Waals surface area contributed by atoms with E-state index in [1.807, 2.05) is 12.1 Å². The Morgan fingerprint density at radius 2 is 2.06 bits per heavy atom. The molecule has 4 N–H and O–H groups in total. The van der Waals surface area contributed by atoms with E-state index < -0.39 is 0 Å². The summed E-state index contributed by atoms with van der Waals surface area (Å²) in [7, 11) is 0. The number of hydrogen-bond donors (Lipinski definition) is 3. The third kappa shape index (κ3) is 2.42. The van der Waals surface area contributed by atoms with E-state index in [9.17, 15) is 5.11 Å². The van der Waals surface area contributed by atoms with Crippen LogP contribution in [0.4, 0.5) is 11.4 Å². The van der Waals surface area contributed by atoms with Crippen LogP contribution in [-0.4, -0.2) is 17.3 Å². The molecule has 88 valence electrons. The first-order valence-corrected chi connectivity index (χ1v) is 6.05. The van der Waals surface area contributed by atoms with E-state index in [0.717, 1.165) is 31.4 Å². The van der Waals surface area contributed by atoms with Gasteiger partial charge >= 0.3 is 0 Å². The molecule has 2 rings (SSSR count). The van der Waals surface area contributed by atoms with Crippen molar-refractivity contribution in [2.24, 2.45) is 0 Å². The van der Waals surface area contributed by atoms with Gasteiger partial charge in [0.25, 0.3) is 0 Å². The second kappa shape index (κ2) is 4.93. The van der Waals surface area contributed by atoms with Crippen molar-refractivity contribution < 1.29 is 5.11 Å². The van der Waals surface area contributed by atoms with Gasteiger partial charge in [0.15, 0.2) is 0 Å². The van der Waals surface area contributed by atoms with Crippen molar-refractivity contribution in [2.45, 2.75) is 37.8 Å². The Morgan fingerprint density at radius 3 is 2.81 bits per heavy atom. The number of nitrogens with one attached hydrogen (secondary N) is 1. The van der Waals surface area contributed by atoms with Gasteiger partial charge in [-0.1, -0.05) is 30.5 Å². The highest BCUT2D eigenvalue weighted by Crippen LogP contribution is 2.29. The molecule has 0 saturated heterocycles. The van der Waals surface area contributed by atoms with Gasteiger partial charge in [-0.2, -0.15) is 0 Å². The minimum absolute atomic E-state index is 0.0921. The van der Waals surface area contributed by atoms with Crippen molar-refractivity contribution in [3.8, 4) is 0 Å². The number of rotatable bonds is 2. The molecular formula is C12H17ClN2O. The number of anilines is 2. The molecule has 1 aliphatic carbocycles. The molecule has 1 fully saturated rings. The summed E-state index contributed by atoms with van der Waals surface area (Å²) in [5, 5.41) is 13.7. The number of halogens is 1. The molecule has 3 nitrogen and oxygen atoms in total. The van der Waals surface area contributed by atoms with Crippen LogP contribution in [-0.2, 0) is 0 Å². The number of benzene rings is 1. The van der Waals surface area contributed by atoms with Crippen molar-refractivity contribution in [3.63, 3.8) is 0 Å². The zero-order valence-electron chi connectivity index (χ0n) is 9.12. The zero-order valence-corrected chi connectivity index (χ0v) is 9.87. The third-order valence-electron chi connectivity index (χ3n) is 3.12. The van der Waals surface area contributed by atoms with E-state index in [4.69, 9.17) is 17.3 Å². The summed E-state index contributed by atoms with van der Waals surface area (Å²) >= 11 is 5.94. The van der Waals surface area contributed by atoms with E-state index in [1.54, 1.807) is 6.07 Å². The van der Waals surface area contributed by atoms with Crippen LogP contribution in [0.15, 0.2) is 18.2 Å². The predicted octanol–water partition coefficient (Wildman–Crippen LogP) is 2.64. The second-order valence-corrected chi connectivity index (χ2v) is 4.71. The molecule has 1 aromatic rings. The molecule has 0 aromatic heterocycles. The van der Waals surface area contributed by atoms with Gasteiger partial charge < -0.3 is 16.2 Å². The fourth-order valence-electron chi connectivity index (χ4n) is 2.14. The summed E-state index contributed by atoms with van der Waals surface area (Å²) in [6, 6.07) is 5.60. The SMILES string of the molecule is Nc1c(Cl)cccc1NC1CCCCC1O. The molecule has 0 amide bonds. The minimum atomic E-state index is -0.285. The molecule has 1 aromatic carbocycles. The zero-order chi connectivity index (χ0) is 11.5. The fraction of sp³-hybridized carbons (Fsp3) is 0.500. The number of nitrogen functional groups attached to an aromatic ring is 1. The molecule has 0 radical (unpaired) electrons. The maximum absolute atomic E-state index is 9.85. The van der Waals surface area contributed by atoms with Crippen LogP contribution in [0.3, 0.4) is 0 Å². The lowest BCUT2D eigenvalue weighted by Gasteiger charge is -2.29. The van der Waals surface area contributed by atoms with Gasteiger partial charge in [0.2, 0.25) is 0 Å². The number of hydrogen-bond acceptors (Lipinski definition) is 3. The molecule has 4 heteroatoms. The van der Waals surface area contributed by atoms with Crippen LogP contribution in [0.2, 0.25) is 5.02 Å². The number of para-hydroxylation sites is 1. The Hall–Kier alpha value is -0.930. The van der Waals surface area contributed by atoms with Crippen molar-refractivity contribution in [3.05, 3.63) is 23.2 Å². The average molecular weight is 241 g/mol. The normalized spacial score (nSPS) is 25.4. The van der Waals surface area contributed by atoms with Crippen LogP contribution in [0.25, 0.3) is 0 Å². The van der Waals surface area contributed by atoms with E-state index in [2.05, 4.69) is 5.32 Å². The molecule has 0 heterocycles. The average Bonchev–Trinajstić information content (AvgIpc) is 2.28. The number of nitrogens with two attached hydrogens (primary N) is 1. The van der Waals surface area contributed by atoms with Crippen LogP contribution >= 0.6 is 11.6 Å². The molecule has 0 aliphatic heterocycles. The number of aliphatic hydroxyl groups is 1. The summed E-state index contributed by atoms with van der Waals surface area (Å²) in [6.07, 6.45) is 3.80. The maximum Gasteiger partial charge on any atom is 0.0741 e. The largest absolute Gasteiger partial charge is 0.396 e. The Morgan fingerprint density at radius 1 is 1.31 bits per heavy atom. The molecule has 1 saturated carbocycles. The summed E-state index contributed by atoms with van der Waals surface area (Å²) in [4.78, 5) is 0. The second-order valence-electron chi connectivity index (χ2n) is 4.30.